The summed E-state index contributed by atoms with van der Waals surface area (Å²) < 4.78 is 0. The second kappa shape index (κ2) is 5.49. The van der Waals surface area contributed by atoms with E-state index in [2.05, 4.69) is 17.2 Å². The van der Waals surface area contributed by atoms with Crippen LogP contribution < -0.4 is 5.32 Å². The molecule has 0 saturated heterocycles. The van der Waals surface area contributed by atoms with Crippen molar-refractivity contribution in [1.82, 2.24) is 9.88 Å². The van der Waals surface area contributed by atoms with Gasteiger partial charge in [0.15, 0.2) is 0 Å². The molecular formula is C12H19N3O. The van der Waals surface area contributed by atoms with Crippen molar-refractivity contribution in [2.75, 3.05) is 26.0 Å². The van der Waals surface area contributed by atoms with Gasteiger partial charge in [0.05, 0.1) is 0 Å². The summed E-state index contributed by atoms with van der Waals surface area (Å²) >= 11 is 0. The third-order valence-electron chi connectivity index (χ3n) is 2.16. The van der Waals surface area contributed by atoms with Gasteiger partial charge in [-0.15, -0.1) is 0 Å². The lowest BCUT2D eigenvalue weighted by Gasteiger charge is -2.12. The molecule has 0 aliphatic carbocycles. The number of aryl methyl sites for hydroxylation is 1. The summed E-state index contributed by atoms with van der Waals surface area (Å²) in [6.07, 6.45) is 1.03. The Balaban J connectivity index is 2.93. The van der Waals surface area contributed by atoms with Gasteiger partial charge in [0.1, 0.15) is 5.82 Å². The van der Waals surface area contributed by atoms with E-state index in [-0.39, 0.29) is 5.91 Å². The van der Waals surface area contributed by atoms with Gasteiger partial charge >= 0.3 is 0 Å². The summed E-state index contributed by atoms with van der Waals surface area (Å²) in [5.74, 6) is 0.775. The number of nitrogens with zero attached hydrogens (tertiary/aromatic N) is 2. The van der Waals surface area contributed by atoms with Crippen molar-refractivity contribution in [3.63, 3.8) is 0 Å². The fourth-order valence-corrected chi connectivity index (χ4v) is 1.39. The molecule has 0 spiro atoms. The Bertz CT molecular complexity index is 375. The number of aromatic nitrogens is 1. The van der Waals surface area contributed by atoms with E-state index in [1.165, 1.54) is 0 Å². The largest absolute Gasteiger partial charge is 0.370 e. The molecule has 88 valence electrons. The fourth-order valence-electron chi connectivity index (χ4n) is 1.39. The van der Waals surface area contributed by atoms with Crippen molar-refractivity contribution in [1.29, 1.82) is 0 Å². The number of amides is 1. The highest BCUT2D eigenvalue weighted by Gasteiger charge is 2.09. The Morgan fingerprint density at radius 2 is 2.12 bits per heavy atom. The lowest BCUT2D eigenvalue weighted by atomic mass is 10.2. The maximum absolute atomic E-state index is 11.8. The molecule has 0 aromatic carbocycles. The van der Waals surface area contributed by atoms with Crippen LogP contribution in [0.1, 0.15) is 29.4 Å². The van der Waals surface area contributed by atoms with E-state index in [0.717, 1.165) is 24.5 Å². The van der Waals surface area contributed by atoms with Gasteiger partial charge in [-0.3, -0.25) is 4.79 Å². The Morgan fingerprint density at radius 3 is 2.69 bits per heavy atom. The van der Waals surface area contributed by atoms with Crippen LogP contribution in [0.15, 0.2) is 12.1 Å². The van der Waals surface area contributed by atoms with Gasteiger partial charge in [-0.1, -0.05) is 6.92 Å². The van der Waals surface area contributed by atoms with Crippen molar-refractivity contribution in [2.24, 2.45) is 0 Å². The summed E-state index contributed by atoms with van der Waals surface area (Å²) in [5, 5.41) is 3.19. The van der Waals surface area contributed by atoms with Crippen molar-refractivity contribution >= 4 is 11.7 Å². The van der Waals surface area contributed by atoms with Gasteiger partial charge in [0, 0.05) is 31.9 Å². The average Bonchev–Trinajstić information content (AvgIpc) is 2.24. The van der Waals surface area contributed by atoms with Crippen LogP contribution in [0, 0.1) is 6.92 Å². The lowest BCUT2D eigenvalue weighted by molar-refractivity contribution is 0.0827. The number of hydrogen-bond acceptors (Lipinski definition) is 3. The summed E-state index contributed by atoms with van der Waals surface area (Å²) in [6, 6.07) is 3.60. The molecule has 0 bridgehead atoms. The van der Waals surface area contributed by atoms with Gasteiger partial charge in [-0.25, -0.2) is 4.98 Å². The first kappa shape index (κ1) is 12.5. The number of rotatable bonds is 4. The second-order valence-corrected chi connectivity index (χ2v) is 4.01. The zero-order chi connectivity index (χ0) is 12.1. The monoisotopic (exact) mass is 221 g/mol. The molecule has 1 rings (SSSR count). The molecule has 0 aliphatic heterocycles. The molecule has 0 aliphatic rings. The highest BCUT2D eigenvalue weighted by Crippen LogP contribution is 2.11. The molecule has 0 fully saturated rings. The maximum Gasteiger partial charge on any atom is 0.253 e. The fraction of sp³-hybridized carbons (Fsp3) is 0.500. The molecule has 4 heteroatoms. The smallest absolute Gasteiger partial charge is 0.253 e. The summed E-state index contributed by atoms with van der Waals surface area (Å²) in [4.78, 5) is 17.7. The summed E-state index contributed by atoms with van der Waals surface area (Å²) in [5.41, 5.74) is 1.53. The van der Waals surface area contributed by atoms with E-state index < -0.39 is 0 Å². The Hall–Kier alpha value is -1.58. The van der Waals surface area contributed by atoms with Crippen LogP contribution >= 0.6 is 0 Å². The van der Waals surface area contributed by atoms with Crippen molar-refractivity contribution in [3.05, 3.63) is 23.4 Å². The van der Waals surface area contributed by atoms with Crippen LogP contribution in [0.25, 0.3) is 0 Å². The second-order valence-electron chi connectivity index (χ2n) is 4.01. The first-order chi connectivity index (χ1) is 7.54. The van der Waals surface area contributed by atoms with Gasteiger partial charge < -0.3 is 10.2 Å². The minimum Gasteiger partial charge on any atom is -0.370 e. The Labute approximate surface area is 96.7 Å². The lowest BCUT2D eigenvalue weighted by Crippen LogP contribution is -2.22. The quantitative estimate of drug-likeness (QED) is 0.844. The number of carbonyl (C=O) groups excluding carboxylic acids is 1. The normalized spacial score (nSPS) is 10.0. The van der Waals surface area contributed by atoms with E-state index in [4.69, 9.17) is 0 Å². The Morgan fingerprint density at radius 1 is 1.44 bits per heavy atom. The minimum absolute atomic E-state index is 0.00467. The van der Waals surface area contributed by atoms with E-state index in [9.17, 15) is 4.79 Å². The van der Waals surface area contributed by atoms with Crippen molar-refractivity contribution < 1.29 is 4.79 Å². The van der Waals surface area contributed by atoms with Gasteiger partial charge in [0.25, 0.3) is 5.91 Å². The number of carbonyl (C=O) groups is 1. The Kier molecular flexibility index (Phi) is 4.28. The first-order valence-electron chi connectivity index (χ1n) is 5.48. The van der Waals surface area contributed by atoms with E-state index >= 15 is 0 Å². The molecule has 4 nitrogen and oxygen atoms in total. The zero-order valence-electron chi connectivity index (χ0n) is 10.4. The average molecular weight is 221 g/mol. The van der Waals surface area contributed by atoms with Gasteiger partial charge in [0.2, 0.25) is 0 Å². The van der Waals surface area contributed by atoms with Crippen molar-refractivity contribution in [2.45, 2.75) is 20.3 Å². The zero-order valence-corrected chi connectivity index (χ0v) is 10.4. The molecule has 16 heavy (non-hydrogen) atoms. The molecular weight excluding hydrogens is 202 g/mol. The molecule has 0 saturated carbocycles. The van der Waals surface area contributed by atoms with Crippen LogP contribution in [0.4, 0.5) is 5.82 Å². The van der Waals surface area contributed by atoms with E-state index in [1.807, 2.05) is 6.92 Å². The standard InChI is InChI=1S/C12H19N3O/c1-5-6-13-11-8-10(7-9(2)14-11)12(16)15(3)4/h7-8H,5-6H2,1-4H3,(H,13,14). The molecule has 1 aromatic heterocycles. The molecule has 1 aromatic rings. The topological polar surface area (TPSA) is 45.2 Å². The third kappa shape index (κ3) is 3.22. The molecule has 0 radical (unpaired) electrons. The van der Waals surface area contributed by atoms with E-state index in [1.54, 1.807) is 31.1 Å². The number of hydrogen-bond donors (Lipinski definition) is 1. The van der Waals surface area contributed by atoms with Crippen LogP contribution in [0.2, 0.25) is 0 Å². The SMILES string of the molecule is CCCNc1cc(C(=O)N(C)C)cc(C)n1. The van der Waals surface area contributed by atoms with Crippen LogP contribution in [0.3, 0.4) is 0 Å². The first-order valence-corrected chi connectivity index (χ1v) is 5.48. The van der Waals surface area contributed by atoms with Gasteiger partial charge in [-0.05, 0) is 25.5 Å². The number of nitrogens with one attached hydrogen (secondary N) is 1. The highest BCUT2D eigenvalue weighted by molar-refractivity contribution is 5.94. The molecule has 0 unspecified atom stereocenters. The molecule has 1 amide bonds. The minimum atomic E-state index is 0.00467. The highest BCUT2D eigenvalue weighted by atomic mass is 16.2. The molecule has 1 heterocycles. The third-order valence-corrected chi connectivity index (χ3v) is 2.16. The maximum atomic E-state index is 11.8. The molecule has 1 N–H and O–H groups in total. The number of anilines is 1. The number of pyridine rings is 1. The van der Waals surface area contributed by atoms with Crippen LogP contribution in [-0.4, -0.2) is 36.4 Å². The van der Waals surface area contributed by atoms with Crippen LogP contribution in [0.5, 0.6) is 0 Å². The van der Waals surface area contributed by atoms with Crippen LogP contribution in [-0.2, 0) is 0 Å². The summed E-state index contributed by atoms with van der Waals surface area (Å²) in [6.45, 7) is 4.85. The summed E-state index contributed by atoms with van der Waals surface area (Å²) in [7, 11) is 3.49. The van der Waals surface area contributed by atoms with Crippen molar-refractivity contribution in [3.8, 4) is 0 Å². The molecule has 0 atom stereocenters. The predicted octanol–water partition coefficient (Wildman–Crippen LogP) is 1.91. The van der Waals surface area contributed by atoms with Gasteiger partial charge in [-0.2, -0.15) is 0 Å². The van der Waals surface area contributed by atoms with E-state index in [0.29, 0.717) is 5.56 Å². The predicted molar refractivity (Wildman–Crippen MR) is 65.8 cm³/mol.